The first-order valence-electron chi connectivity index (χ1n) is 12.7. The van der Waals surface area contributed by atoms with Crippen LogP contribution in [0.15, 0.2) is 24.8 Å². The Morgan fingerprint density at radius 2 is 1.82 bits per heavy atom. The fourth-order valence-corrected chi connectivity index (χ4v) is 8.38. The van der Waals surface area contributed by atoms with Gasteiger partial charge in [0.25, 0.3) is 0 Å². The Morgan fingerprint density at radius 3 is 2.48 bits per heavy atom. The monoisotopic (exact) mass is 456 g/mol. The van der Waals surface area contributed by atoms with Crippen molar-refractivity contribution in [3.8, 4) is 0 Å². The van der Waals surface area contributed by atoms with Crippen LogP contribution in [0.25, 0.3) is 0 Å². The molecule has 0 aromatic rings. The summed E-state index contributed by atoms with van der Waals surface area (Å²) in [6.45, 7) is 16.4. The molecule has 0 aromatic carbocycles. The molecule has 0 N–H and O–H groups in total. The lowest BCUT2D eigenvalue weighted by molar-refractivity contribution is -0.195. The molecule has 1 spiro atoms. The number of rotatable bonds is 6. The van der Waals surface area contributed by atoms with Gasteiger partial charge in [0.1, 0.15) is 12.2 Å². The summed E-state index contributed by atoms with van der Waals surface area (Å²) in [5.41, 5.74) is -1.56. The van der Waals surface area contributed by atoms with Gasteiger partial charge in [0.15, 0.2) is 5.78 Å². The van der Waals surface area contributed by atoms with Crippen molar-refractivity contribution in [1.82, 2.24) is 0 Å². The molecule has 0 radical (unpaired) electrons. The molecule has 0 amide bonds. The summed E-state index contributed by atoms with van der Waals surface area (Å²) < 4.78 is 11.6. The summed E-state index contributed by atoms with van der Waals surface area (Å²) in [6.07, 6.45) is 8.31. The number of carbonyl (C=O) groups is 3. The minimum atomic E-state index is -0.844. The first-order valence-corrected chi connectivity index (χ1v) is 12.7. The molecule has 4 rings (SSSR count). The van der Waals surface area contributed by atoms with Crippen LogP contribution in [0.1, 0.15) is 85.5 Å². The zero-order valence-corrected chi connectivity index (χ0v) is 20.8. The van der Waals surface area contributed by atoms with E-state index in [0.29, 0.717) is 24.8 Å². The Kier molecular flexibility index (Phi) is 5.94. The summed E-state index contributed by atoms with van der Waals surface area (Å²) in [7, 11) is 0. The number of hydrogen-bond acceptors (Lipinski definition) is 5. The highest BCUT2D eigenvalue weighted by molar-refractivity contribution is 6.05. The molecular weight excluding hydrogens is 416 g/mol. The maximum Gasteiger partial charge on any atom is 0.312 e. The molecule has 33 heavy (non-hydrogen) atoms. The van der Waals surface area contributed by atoms with Crippen molar-refractivity contribution in [3.05, 3.63) is 24.8 Å². The summed E-state index contributed by atoms with van der Waals surface area (Å²) in [4.78, 5) is 39.6. The molecule has 0 saturated heterocycles. The Morgan fingerprint density at radius 1 is 1.12 bits per heavy atom. The normalized spacial score (nSPS) is 41.8. The molecule has 182 valence electrons. The first kappa shape index (κ1) is 24.2. The standard InChI is InChI=1S/C28H40O5/c1-7-15-32-24(31)26(6)12-8-11-25(5)20(26)9-13-27-17-28(14-10-21(25)27,19(4)23(27)30)33-22(29)16-18(2)3/h7,18,20-21H,1,4,8-17H2,2-3,5-6H3/t20-,21-,25+,26+,27+,28-/m0/s1. The van der Waals surface area contributed by atoms with Crippen LogP contribution in [0.4, 0.5) is 0 Å². The van der Waals surface area contributed by atoms with Crippen LogP contribution in [0.3, 0.4) is 0 Å². The Balaban J connectivity index is 1.65. The lowest BCUT2D eigenvalue weighted by Crippen LogP contribution is -2.60. The summed E-state index contributed by atoms with van der Waals surface area (Å²) in [5.74, 6) is 0.278. The highest BCUT2D eigenvalue weighted by Crippen LogP contribution is 2.72. The number of ketones is 1. The molecule has 0 aliphatic heterocycles. The largest absolute Gasteiger partial charge is 0.461 e. The molecule has 0 aromatic heterocycles. The fraction of sp³-hybridized carbons (Fsp3) is 0.750. The Hall–Kier alpha value is -1.91. The fourth-order valence-electron chi connectivity index (χ4n) is 8.38. The van der Waals surface area contributed by atoms with Gasteiger partial charge in [-0.3, -0.25) is 14.4 Å². The van der Waals surface area contributed by atoms with Crippen LogP contribution in [0.5, 0.6) is 0 Å². The quantitative estimate of drug-likeness (QED) is 0.297. The third kappa shape index (κ3) is 3.44. The topological polar surface area (TPSA) is 69.7 Å². The van der Waals surface area contributed by atoms with Crippen molar-refractivity contribution in [2.24, 2.45) is 34.0 Å². The van der Waals surface area contributed by atoms with Crippen molar-refractivity contribution >= 4 is 17.7 Å². The number of ether oxygens (including phenoxy) is 2. The van der Waals surface area contributed by atoms with Crippen molar-refractivity contribution < 1.29 is 23.9 Å². The summed E-state index contributed by atoms with van der Waals surface area (Å²) >= 11 is 0. The molecular formula is C28H40O5. The van der Waals surface area contributed by atoms with Gasteiger partial charge in [-0.2, -0.15) is 0 Å². The summed E-state index contributed by atoms with van der Waals surface area (Å²) in [6, 6.07) is 0. The lowest BCUT2D eigenvalue weighted by Gasteiger charge is -2.63. The number of hydrogen-bond donors (Lipinski definition) is 0. The van der Waals surface area contributed by atoms with E-state index in [1.807, 2.05) is 13.8 Å². The third-order valence-electron chi connectivity index (χ3n) is 9.72. The zero-order chi connectivity index (χ0) is 24.2. The highest BCUT2D eigenvalue weighted by atomic mass is 16.6. The van der Waals surface area contributed by atoms with Crippen LogP contribution in [-0.4, -0.2) is 29.9 Å². The lowest BCUT2D eigenvalue weighted by atomic mass is 9.40. The Bertz CT molecular complexity index is 889. The predicted octanol–water partition coefficient (Wildman–Crippen LogP) is 5.58. The van der Waals surface area contributed by atoms with E-state index in [2.05, 4.69) is 27.0 Å². The summed E-state index contributed by atoms with van der Waals surface area (Å²) in [5, 5.41) is 0. The van der Waals surface area contributed by atoms with Gasteiger partial charge in [-0.15, -0.1) is 0 Å². The SMILES string of the molecule is C=CCOC(=O)[C@]1(C)CCC[C@@]2(C)[C@@H]3CC[C@]4(OC(=O)CC(C)C)C[C@@]3(CC[C@@H]21)C(=O)C4=C. The number of fused-ring (bicyclic) bond motifs is 3. The van der Waals surface area contributed by atoms with Gasteiger partial charge in [-0.05, 0) is 68.6 Å². The number of esters is 2. The van der Waals surface area contributed by atoms with Crippen molar-refractivity contribution in [3.63, 3.8) is 0 Å². The van der Waals surface area contributed by atoms with E-state index < -0.39 is 16.4 Å². The molecule has 0 heterocycles. The van der Waals surface area contributed by atoms with Gasteiger partial charge in [-0.25, -0.2) is 0 Å². The molecule has 2 bridgehead atoms. The van der Waals surface area contributed by atoms with Gasteiger partial charge in [-0.1, -0.05) is 46.4 Å². The van der Waals surface area contributed by atoms with Crippen molar-refractivity contribution in [1.29, 1.82) is 0 Å². The molecule has 4 aliphatic rings. The van der Waals surface area contributed by atoms with E-state index in [1.54, 1.807) is 6.08 Å². The molecule has 0 unspecified atom stereocenters. The second kappa shape index (κ2) is 8.09. The van der Waals surface area contributed by atoms with Gasteiger partial charge in [0.2, 0.25) is 0 Å². The van der Waals surface area contributed by atoms with Crippen molar-refractivity contribution in [2.75, 3.05) is 6.61 Å². The van der Waals surface area contributed by atoms with E-state index in [4.69, 9.17) is 9.47 Å². The van der Waals surface area contributed by atoms with Crippen LogP contribution in [0, 0.1) is 34.0 Å². The average Bonchev–Trinajstić information content (AvgIpc) is 2.88. The van der Waals surface area contributed by atoms with Crippen LogP contribution >= 0.6 is 0 Å². The number of carbonyl (C=O) groups excluding carboxylic acids is 3. The second-order valence-corrected chi connectivity index (χ2v) is 12.1. The van der Waals surface area contributed by atoms with E-state index in [9.17, 15) is 14.4 Å². The highest BCUT2D eigenvalue weighted by Gasteiger charge is 2.72. The maximum atomic E-state index is 13.8. The average molecular weight is 457 g/mol. The second-order valence-electron chi connectivity index (χ2n) is 12.1. The smallest absolute Gasteiger partial charge is 0.312 e. The van der Waals surface area contributed by atoms with Crippen LogP contribution < -0.4 is 0 Å². The minimum Gasteiger partial charge on any atom is -0.461 e. The van der Waals surface area contributed by atoms with Gasteiger partial charge < -0.3 is 9.47 Å². The van der Waals surface area contributed by atoms with E-state index >= 15 is 0 Å². The van der Waals surface area contributed by atoms with Gasteiger partial charge in [0.05, 0.1) is 5.41 Å². The number of Topliss-reactive ketones (excluding diaryl/α,β-unsaturated/α-hetero) is 1. The maximum absolute atomic E-state index is 13.8. The van der Waals surface area contributed by atoms with E-state index in [0.717, 1.165) is 38.5 Å². The minimum absolute atomic E-state index is 0.100. The molecule has 5 nitrogen and oxygen atoms in total. The molecule has 4 aliphatic carbocycles. The van der Waals surface area contributed by atoms with Crippen molar-refractivity contribution in [2.45, 2.75) is 91.1 Å². The molecule has 4 fully saturated rings. The molecule has 5 heteroatoms. The van der Waals surface area contributed by atoms with Gasteiger partial charge >= 0.3 is 11.9 Å². The third-order valence-corrected chi connectivity index (χ3v) is 9.72. The zero-order valence-electron chi connectivity index (χ0n) is 20.8. The predicted molar refractivity (Wildman–Crippen MR) is 126 cm³/mol. The molecule has 6 atom stereocenters. The van der Waals surface area contributed by atoms with E-state index in [-0.39, 0.29) is 47.5 Å². The van der Waals surface area contributed by atoms with Gasteiger partial charge in [0, 0.05) is 23.8 Å². The Labute approximate surface area is 198 Å². The first-order chi connectivity index (χ1) is 15.4. The van der Waals surface area contributed by atoms with Crippen LogP contribution in [0.2, 0.25) is 0 Å². The molecule has 4 saturated carbocycles. The van der Waals surface area contributed by atoms with Crippen LogP contribution in [-0.2, 0) is 23.9 Å². The van der Waals surface area contributed by atoms with E-state index in [1.165, 1.54) is 0 Å².